The fourth-order valence-corrected chi connectivity index (χ4v) is 4.56. The number of anilines is 2. The summed E-state index contributed by atoms with van der Waals surface area (Å²) in [6.07, 6.45) is 4.34. The Kier molecular flexibility index (Phi) is 9.26. The van der Waals surface area contributed by atoms with Crippen molar-refractivity contribution in [2.75, 3.05) is 23.8 Å². The van der Waals surface area contributed by atoms with Crippen LogP contribution >= 0.6 is 23.2 Å². The molecule has 0 aliphatic rings. The first-order valence-corrected chi connectivity index (χ1v) is 13.3. The van der Waals surface area contributed by atoms with Gasteiger partial charge in [-0.2, -0.15) is 0 Å². The second-order valence-electron chi connectivity index (χ2n) is 9.15. The number of carbonyl (C=O) groups excluding carboxylic acids is 3. The molecule has 0 saturated carbocycles. The molecule has 0 spiro atoms. The van der Waals surface area contributed by atoms with Gasteiger partial charge in [-0.3, -0.25) is 14.4 Å². The molecule has 10 nitrogen and oxygen atoms in total. The minimum absolute atomic E-state index is 0.0600. The fourth-order valence-electron chi connectivity index (χ4n) is 3.95. The highest BCUT2D eigenvalue weighted by Crippen LogP contribution is 2.35. The number of imidazole rings is 1. The molecule has 212 valence electrons. The monoisotopic (exact) mass is 594 g/mol. The first-order valence-electron chi connectivity index (χ1n) is 12.5. The number of hydrogen-bond donors (Lipinski definition) is 2. The van der Waals surface area contributed by atoms with Gasteiger partial charge in [0.05, 0.1) is 22.8 Å². The van der Waals surface area contributed by atoms with Crippen molar-refractivity contribution in [3.05, 3.63) is 81.7 Å². The topological polar surface area (TPSA) is 118 Å². The van der Waals surface area contributed by atoms with Crippen LogP contribution in [-0.4, -0.2) is 45.8 Å². The molecule has 4 aromatic rings. The van der Waals surface area contributed by atoms with E-state index in [9.17, 15) is 14.4 Å². The second kappa shape index (κ2) is 12.8. The maximum Gasteiger partial charge on any atom is 0.246 e. The number of para-hydroxylation sites is 1. The van der Waals surface area contributed by atoms with Gasteiger partial charge in [0, 0.05) is 43.9 Å². The van der Waals surface area contributed by atoms with Gasteiger partial charge in [-0.05, 0) is 55.0 Å². The molecule has 2 N–H and O–H groups in total. The molecule has 3 amide bonds. The summed E-state index contributed by atoms with van der Waals surface area (Å²) in [5.41, 5.74) is 3.24. The Bertz CT molecular complexity index is 1650. The third-order valence-corrected chi connectivity index (χ3v) is 7.08. The molecule has 0 unspecified atom stereocenters. The number of aromatic nitrogens is 3. The Morgan fingerprint density at radius 2 is 1.90 bits per heavy atom. The Morgan fingerprint density at radius 3 is 2.61 bits per heavy atom. The molecule has 4 rings (SSSR count). The summed E-state index contributed by atoms with van der Waals surface area (Å²) in [7, 11) is 3.49. The highest BCUT2D eigenvalue weighted by molar-refractivity contribution is 6.38. The molecule has 0 radical (unpaired) electrons. The van der Waals surface area contributed by atoms with Crippen LogP contribution in [0.3, 0.4) is 0 Å². The molecule has 0 saturated heterocycles. The normalized spacial score (nSPS) is 11.1. The SMILES string of the molecule is CC(=O)Nc1ccc(C=CC(=O)NCC(=O)N(C)c2ccc(Cl)c(COc3cccc4c3nc(C)n4C)c2Cl)cn1. The van der Waals surface area contributed by atoms with E-state index in [1.807, 2.05) is 36.7 Å². The van der Waals surface area contributed by atoms with Crippen molar-refractivity contribution in [1.82, 2.24) is 19.9 Å². The van der Waals surface area contributed by atoms with E-state index in [4.69, 9.17) is 27.9 Å². The van der Waals surface area contributed by atoms with Crippen LogP contribution in [-0.2, 0) is 28.0 Å². The van der Waals surface area contributed by atoms with E-state index in [0.29, 0.717) is 33.4 Å². The molecule has 2 heterocycles. The maximum atomic E-state index is 12.9. The molecule has 2 aromatic heterocycles. The van der Waals surface area contributed by atoms with Gasteiger partial charge in [0.2, 0.25) is 17.7 Å². The van der Waals surface area contributed by atoms with Crippen LogP contribution in [0.2, 0.25) is 10.0 Å². The number of amides is 3. The fraction of sp³-hybridized carbons (Fsp3) is 0.207. The largest absolute Gasteiger partial charge is 0.486 e. The average Bonchev–Trinajstić information content (AvgIpc) is 3.24. The van der Waals surface area contributed by atoms with Crippen molar-refractivity contribution in [3.8, 4) is 5.75 Å². The van der Waals surface area contributed by atoms with Crippen LogP contribution < -0.4 is 20.3 Å². The Balaban J connectivity index is 1.38. The predicted molar refractivity (Wildman–Crippen MR) is 160 cm³/mol. The average molecular weight is 595 g/mol. The van der Waals surface area contributed by atoms with Gasteiger partial charge in [0.1, 0.15) is 29.5 Å². The minimum Gasteiger partial charge on any atom is -0.486 e. The number of likely N-dealkylation sites (N-methyl/N-ethyl adjacent to an activating group) is 1. The molecule has 0 aliphatic carbocycles. The van der Waals surface area contributed by atoms with Crippen molar-refractivity contribution in [3.63, 3.8) is 0 Å². The Hall–Kier alpha value is -4.41. The van der Waals surface area contributed by atoms with E-state index in [2.05, 4.69) is 20.6 Å². The summed E-state index contributed by atoms with van der Waals surface area (Å²) in [6, 6.07) is 12.3. The van der Waals surface area contributed by atoms with Crippen LogP contribution in [0.15, 0.2) is 54.7 Å². The highest BCUT2D eigenvalue weighted by atomic mass is 35.5. The van der Waals surface area contributed by atoms with Crippen LogP contribution in [0, 0.1) is 6.92 Å². The third-order valence-electron chi connectivity index (χ3n) is 6.30. The van der Waals surface area contributed by atoms with Crippen molar-refractivity contribution in [2.45, 2.75) is 20.5 Å². The quantitative estimate of drug-likeness (QED) is 0.266. The summed E-state index contributed by atoms with van der Waals surface area (Å²) in [5.74, 6) is 0.761. The summed E-state index contributed by atoms with van der Waals surface area (Å²) < 4.78 is 8.03. The van der Waals surface area contributed by atoms with Gasteiger partial charge < -0.3 is 24.8 Å². The van der Waals surface area contributed by atoms with E-state index in [0.717, 1.165) is 16.9 Å². The first-order chi connectivity index (χ1) is 19.5. The summed E-state index contributed by atoms with van der Waals surface area (Å²) in [6.45, 7) is 3.10. The minimum atomic E-state index is -0.465. The first kappa shape index (κ1) is 29.6. The van der Waals surface area contributed by atoms with Crippen molar-refractivity contribution >= 4 is 69.5 Å². The van der Waals surface area contributed by atoms with Crippen LogP contribution in [0.4, 0.5) is 11.5 Å². The van der Waals surface area contributed by atoms with Crippen molar-refractivity contribution in [1.29, 1.82) is 0 Å². The third kappa shape index (κ3) is 7.03. The molecule has 0 atom stereocenters. The lowest BCUT2D eigenvalue weighted by Gasteiger charge is -2.21. The zero-order valence-corrected chi connectivity index (χ0v) is 24.4. The molecule has 12 heteroatoms. The molecular weight excluding hydrogens is 567 g/mol. The zero-order chi connectivity index (χ0) is 29.7. The van der Waals surface area contributed by atoms with E-state index in [1.165, 1.54) is 24.1 Å². The van der Waals surface area contributed by atoms with Gasteiger partial charge >= 0.3 is 0 Å². The number of halogens is 2. The molecule has 0 aliphatic heterocycles. The number of benzene rings is 2. The van der Waals surface area contributed by atoms with Gasteiger partial charge in [-0.25, -0.2) is 9.97 Å². The lowest BCUT2D eigenvalue weighted by Crippen LogP contribution is -2.37. The lowest BCUT2D eigenvalue weighted by atomic mass is 10.2. The van der Waals surface area contributed by atoms with Crippen LogP contribution in [0.5, 0.6) is 5.75 Å². The Morgan fingerprint density at radius 1 is 1.12 bits per heavy atom. The number of ether oxygens (including phenoxy) is 1. The van der Waals surface area contributed by atoms with Gasteiger partial charge in [0.15, 0.2) is 0 Å². The van der Waals surface area contributed by atoms with Gasteiger partial charge in [-0.1, -0.05) is 29.3 Å². The van der Waals surface area contributed by atoms with Crippen LogP contribution in [0.25, 0.3) is 17.1 Å². The summed E-state index contributed by atoms with van der Waals surface area (Å²) in [4.78, 5) is 46.2. The highest BCUT2D eigenvalue weighted by Gasteiger charge is 2.19. The number of nitrogens with zero attached hydrogens (tertiary/aromatic N) is 4. The second-order valence-corrected chi connectivity index (χ2v) is 9.94. The smallest absolute Gasteiger partial charge is 0.246 e. The van der Waals surface area contributed by atoms with Gasteiger partial charge in [0.25, 0.3) is 0 Å². The predicted octanol–water partition coefficient (Wildman–Crippen LogP) is 4.91. The number of carbonyl (C=O) groups is 3. The Labute approximate surface area is 246 Å². The number of pyridine rings is 1. The molecule has 41 heavy (non-hydrogen) atoms. The van der Waals surface area contributed by atoms with E-state index >= 15 is 0 Å². The maximum absolute atomic E-state index is 12.9. The van der Waals surface area contributed by atoms with Gasteiger partial charge in [-0.15, -0.1) is 0 Å². The summed E-state index contributed by atoms with van der Waals surface area (Å²) in [5, 5.41) is 5.78. The van der Waals surface area contributed by atoms with Crippen LogP contribution in [0.1, 0.15) is 23.9 Å². The van der Waals surface area contributed by atoms with E-state index < -0.39 is 11.8 Å². The van der Waals surface area contributed by atoms with E-state index in [-0.39, 0.29) is 24.1 Å². The number of fused-ring (bicyclic) bond motifs is 1. The van der Waals surface area contributed by atoms with Crippen molar-refractivity contribution < 1.29 is 19.1 Å². The number of hydrogen-bond acceptors (Lipinski definition) is 6. The molecule has 0 bridgehead atoms. The number of aryl methyl sites for hydroxylation is 2. The standard InChI is InChI=1S/C29H28Cl2N6O4/c1-17-34-29-23(36(17)3)6-5-7-24(29)41-16-20-21(30)10-11-22(28(20)31)37(4)27(40)15-33-26(39)13-9-19-8-12-25(32-14-19)35-18(2)38/h5-14H,15-16H2,1-4H3,(H,33,39)(H,32,35,38). The number of rotatable bonds is 9. The molecule has 0 fully saturated rings. The molecule has 2 aromatic carbocycles. The lowest BCUT2D eigenvalue weighted by molar-refractivity contribution is -0.122. The number of nitrogens with one attached hydrogen (secondary N) is 2. The van der Waals surface area contributed by atoms with E-state index in [1.54, 1.807) is 37.4 Å². The zero-order valence-electron chi connectivity index (χ0n) is 22.9. The van der Waals surface area contributed by atoms with Crippen molar-refractivity contribution in [2.24, 2.45) is 7.05 Å². The molecular formula is C29H28Cl2N6O4. The summed E-state index contributed by atoms with van der Waals surface area (Å²) >= 11 is 13.1.